The topological polar surface area (TPSA) is 89.9 Å². The van der Waals surface area contributed by atoms with Gasteiger partial charge < -0.3 is 15.5 Å². The molecule has 1 aliphatic rings. The maximum Gasteiger partial charge on any atom is 0.266 e. The molecule has 2 amide bonds. The van der Waals surface area contributed by atoms with E-state index < -0.39 is 17.6 Å². The highest BCUT2D eigenvalue weighted by Crippen LogP contribution is 2.32. The van der Waals surface area contributed by atoms with Crippen molar-refractivity contribution in [3.63, 3.8) is 0 Å². The number of benzene rings is 2. The summed E-state index contributed by atoms with van der Waals surface area (Å²) in [7, 11) is 0. The van der Waals surface area contributed by atoms with Gasteiger partial charge in [0.1, 0.15) is 16.7 Å². The Labute approximate surface area is 176 Å². The summed E-state index contributed by atoms with van der Waals surface area (Å²) in [6, 6.07) is 10.5. The summed E-state index contributed by atoms with van der Waals surface area (Å²) < 4.78 is 14.0. The Hall–Kier alpha value is -2.91. The normalized spacial score (nSPS) is 15.2. The van der Waals surface area contributed by atoms with Crippen LogP contribution in [-0.4, -0.2) is 44.3 Å². The van der Waals surface area contributed by atoms with E-state index in [-0.39, 0.29) is 39.4 Å². The molecule has 0 unspecified atom stereocenters. The Morgan fingerprint density at radius 3 is 2.69 bits per heavy atom. The predicted molar refractivity (Wildman–Crippen MR) is 113 cm³/mol. The minimum absolute atomic E-state index is 0.212. The smallest absolute Gasteiger partial charge is 0.266 e. The second-order valence-corrected chi connectivity index (χ2v) is 7.89. The first-order valence-electron chi connectivity index (χ1n) is 8.62. The summed E-state index contributed by atoms with van der Waals surface area (Å²) in [6.45, 7) is 0.0447. The van der Waals surface area contributed by atoms with E-state index in [0.29, 0.717) is 6.42 Å². The minimum Gasteiger partial charge on any atom is -0.504 e. The van der Waals surface area contributed by atoms with Crippen LogP contribution in [0.5, 0.6) is 11.5 Å². The van der Waals surface area contributed by atoms with Gasteiger partial charge in [-0.2, -0.15) is 0 Å². The molecule has 9 heteroatoms. The summed E-state index contributed by atoms with van der Waals surface area (Å²) in [6.07, 6.45) is 1.86. The quantitative estimate of drug-likeness (QED) is 0.370. The zero-order chi connectivity index (χ0) is 21.0. The zero-order valence-corrected chi connectivity index (χ0v) is 16.7. The highest BCUT2D eigenvalue weighted by atomic mass is 32.2. The molecular formula is C20H17FN2O4S2. The number of phenolic OH excluding ortho intramolecular Hbond substituents is 2. The molecule has 1 aliphatic heterocycles. The van der Waals surface area contributed by atoms with E-state index in [4.69, 9.17) is 12.2 Å². The molecule has 1 fully saturated rings. The van der Waals surface area contributed by atoms with Crippen LogP contribution in [0.15, 0.2) is 47.4 Å². The van der Waals surface area contributed by atoms with E-state index >= 15 is 0 Å². The van der Waals surface area contributed by atoms with Gasteiger partial charge in [-0.3, -0.25) is 14.5 Å². The molecule has 0 spiro atoms. The Morgan fingerprint density at radius 1 is 1.21 bits per heavy atom. The number of rotatable bonds is 6. The molecule has 0 radical (unpaired) electrons. The second-order valence-electron chi connectivity index (χ2n) is 6.21. The van der Waals surface area contributed by atoms with Crippen LogP contribution in [0.25, 0.3) is 6.08 Å². The van der Waals surface area contributed by atoms with E-state index in [1.54, 1.807) is 24.3 Å². The fourth-order valence-electron chi connectivity index (χ4n) is 2.64. The highest BCUT2D eigenvalue weighted by Gasteiger charge is 2.33. The average Bonchev–Trinajstić information content (AvgIpc) is 2.94. The number of aromatic hydroxyl groups is 2. The van der Waals surface area contributed by atoms with Crippen molar-refractivity contribution in [2.75, 3.05) is 13.1 Å². The molecule has 2 aromatic rings. The number of thioether (sulfide) groups is 1. The molecule has 0 aromatic heterocycles. The molecule has 2 aromatic carbocycles. The number of thiocarbonyl (C=S) groups is 1. The number of hydrogen-bond donors (Lipinski definition) is 3. The number of nitrogens with zero attached hydrogens (tertiary/aromatic N) is 1. The standard InChI is InChI=1S/C20H17FN2O4S2/c21-14-4-2-1-3-13(14)10-17-19(27)23(20(28)29-17)11-18(26)22-8-7-12-5-6-15(24)16(25)9-12/h1-6,9-10,24-25H,7-8,11H2,(H,22,26)/b17-10+. The summed E-state index contributed by atoms with van der Waals surface area (Å²) in [5.74, 6) is -1.72. The Balaban J connectivity index is 1.56. The molecule has 3 N–H and O–H groups in total. The van der Waals surface area contributed by atoms with Crippen molar-refractivity contribution in [2.45, 2.75) is 6.42 Å². The number of nitrogens with one attached hydrogen (secondary N) is 1. The van der Waals surface area contributed by atoms with Gasteiger partial charge >= 0.3 is 0 Å². The lowest BCUT2D eigenvalue weighted by molar-refractivity contribution is -0.128. The van der Waals surface area contributed by atoms with Crippen molar-refractivity contribution in [3.8, 4) is 11.5 Å². The second kappa shape index (κ2) is 9.06. The van der Waals surface area contributed by atoms with Crippen molar-refractivity contribution in [2.24, 2.45) is 0 Å². The number of hydrogen-bond acceptors (Lipinski definition) is 6. The number of carbonyl (C=O) groups excluding carboxylic acids is 2. The van der Waals surface area contributed by atoms with E-state index in [0.717, 1.165) is 17.3 Å². The van der Waals surface area contributed by atoms with Gasteiger partial charge in [-0.15, -0.1) is 0 Å². The van der Waals surface area contributed by atoms with Crippen molar-refractivity contribution in [1.29, 1.82) is 0 Å². The van der Waals surface area contributed by atoms with E-state index in [1.807, 2.05) is 0 Å². The lowest BCUT2D eigenvalue weighted by Gasteiger charge is -2.14. The fourth-order valence-corrected chi connectivity index (χ4v) is 3.89. The van der Waals surface area contributed by atoms with Crippen LogP contribution in [0.2, 0.25) is 0 Å². The minimum atomic E-state index is -0.448. The summed E-state index contributed by atoms with van der Waals surface area (Å²) in [5.41, 5.74) is 1.01. The highest BCUT2D eigenvalue weighted by molar-refractivity contribution is 8.26. The SMILES string of the molecule is O=C(CN1C(=O)/C(=C\c2ccccc2F)SC1=S)NCCc1ccc(O)c(O)c1. The first-order valence-corrected chi connectivity index (χ1v) is 9.85. The van der Waals surface area contributed by atoms with Crippen molar-refractivity contribution in [3.05, 3.63) is 64.3 Å². The van der Waals surface area contributed by atoms with Crippen LogP contribution in [0, 0.1) is 5.82 Å². The Morgan fingerprint density at radius 2 is 1.97 bits per heavy atom. The lowest BCUT2D eigenvalue weighted by Crippen LogP contribution is -2.40. The van der Waals surface area contributed by atoms with Gasteiger partial charge in [-0.1, -0.05) is 48.2 Å². The molecule has 1 saturated heterocycles. The molecular weight excluding hydrogens is 415 g/mol. The van der Waals surface area contributed by atoms with Gasteiger partial charge in [0.2, 0.25) is 5.91 Å². The molecule has 0 saturated carbocycles. The lowest BCUT2D eigenvalue weighted by atomic mass is 10.1. The Bertz CT molecular complexity index is 1010. The van der Waals surface area contributed by atoms with Crippen molar-refractivity contribution < 1.29 is 24.2 Å². The van der Waals surface area contributed by atoms with Crippen molar-refractivity contribution in [1.82, 2.24) is 10.2 Å². The van der Waals surface area contributed by atoms with E-state index in [2.05, 4.69) is 5.32 Å². The van der Waals surface area contributed by atoms with Crippen LogP contribution >= 0.6 is 24.0 Å². The van der Waals surface area contributed by atoms with Gasteiger partial charge in [0, 0.05) is 12.1 Å². The Kier molecular flexibility index (Phi) is 6.50. The molecule has 29 heavy (non-hydrogen) atoms. The maximum atomic E-state index is 13.8. The number of carbonyl (C=O) groups is 2. The van der Waals surface area contributed by atoms with Crippen LogP contribution in [0.4, 0.5) is 4.39 Å². The number of halogens is 1. The zero-order valence-electron chi connectivity index (χ0n) is 15.1. The largest absolute Gasteiger partial charge is 0.504 e. The van der Waals surface area contributed by atoms with Gasteiger partial charge in [-0.05, 0) is 36.3 Å². The molecule has 1 heterocycles. The fraction of sp³-hybridized carbons (Fsp3) is 0.150. The summed E-state index contributed by atoms with van der Waals surface area (Å²) in [4.78, 5) is 26.1. The first kappa shape index (κ1) is 20.8. The molecule has 150 valence electrons. The molecule has 0 aliphatic carbocycles. The molecule has 0 atom stereocenters. The monoisotopic (exact) mass is 432 g/mol. The third-order valence-electron chi connectivity index (χ3n) is 4.14. The third kappa shape index (κ3) is 5.12. The molecule has 0 bridgehead atoms. The van der Waals surface area contributed by atoms with Gasteiger partial charge in [-0.25, -0.2) is 4.39 Å². The predicted octanol–water partition coefficient (Wildman–Crippen LogP) is 2.80. The van der Waals surface area contributed by atoms with Crippen LogP contribution in [-0.2, 0) is 16.0 Å². The maximum absolute atomic E-state index is 13.8. The van der Waals surface area contributed by atoms with Crippen LogP contribution in [0.3, 0.4) is 0 Å². The van der Waals surface area contributed by atoms with E-state index in [9.17, 15) is 24.2 Å². The van der Waals surface area contributed by atoms with Crippen LogP contribution in [0.1, 0.15) is 11.1 Å². The van der Waals surface area contributed by atoms with Gasteiger partial charge in [0.05, 0.1) is 4.91 Å². The molecule has 3 rings (SSSR count). The van der Waals surface area contributed by atoms with Gasteiger partial charge in [0.15, 0.2) is 11.5 Å². The first-order chi connectivity index (χ1) is 13.8. The van der Waals surface area contributed by atoms with Crippen LogP contribution < -0.4 is 5.32 Å². The summed E-state index contributed by atoms with van der Waals surface area (Å²) in [5, 5.41) is 21.5. The summed E-state index contributed by atoms with van der Waals surface area (Å²) >= 11 is 6.20. The average molecular weight is 432 g/mol. The number of amides is 2. The van der Waals surface area contributed by atoms with Crippen molar-refractivity contribution >= 4 is 46.2 Å². The van der Waals surface area contributed by atoms with E-state index in [1.165, 1.54) is 29.2 Å². The number of phenols is 2. The third-order valence-corrected chi connectivity index (χ3v) is 5.52. The molecule has 6 nitrogen and oxygen atoms in total. The van der Waals surface area contributed by atoms with Gasteiger partial charge in [0.25, 0.3) is 5.91 Å².